The molecular formula is C48H38O2. The molecule has 2 aliphatic carbocycles. The van der Waals surface area contributed by atoms with Gasteiger partial charge in [-0.1, -0.05) is 143 Å². The highest BCUT2D eigenvalue weighted by atomic mass is 16.5. The molecule has 0 N–H and O–H groups in total. The van der Waals surface area contributed by atoms with Gasteiger partial charge in [-0.15, -0.1) is 0 Å². The van der Waals surface area contributed by atoms with Crippen LogP contribution in [0.2, 0.25) is 0 Å². The summed E-state index contributed by atoms with van der Waals surface area (Å²) in [4.78, 5) is 0. The summed E-state index contributed by atoms with van der Waals surface area (Å²) < 4.78 is 13.3. The molecule has 0 radical (unpaired) electrons. The van der Waals surface area contributed by atoms with Gasteiger partial charge in [-0.2, -0.15) is 0 Å². The van der Waals surface area contributed by atoms with Gasteiger partial charge in [0.1, 0.15) is 11.5 Å². The molecule has 1 atom stereocenters. The van der Waals surface area contributed by atoms with Crippen LogP contribution in [0.1, 0.15) is 66.6 Å². The molecule has 0 amide bonds. The number of methoxy groups -OCH3 is 1. The van der Waals surface area contributed by atoms with Crippen molar-refractivity contribution in [1.82, 2.24) is 0 Å². The molecule has 0 saturated heterocycles. The number of ether oxygens (including phenoxy) is 2. The first-order valence-electron chi connectivity index (χ1n) is 17.6. The zero-order valence-corrected chi connectivity index (χ0v) is 29.1. The minimum absolute atomic E-state index is 0.181. The van der Waals surface area contributed by atoms with Crippen LogP contribution in [0.15, 0.2) is 133 Å². The molecule has 7 aromatic carbocycles. The van der Waals surface area contributed by atoms with Crippen molar-refractivity contribution in [3.8, 4) is 33.8 Å². The van der Waals surface area contributed by atoms with Crippen LogP contribution in [0.3, 0.4) is 0 Å². The van der Waals surface area contributed by atoms with Gasteiger partial charge >= 0.3 is 0 Å². The van der Waals surface area contributed by atoms with Crippen LogP contribution >= 0.6 is 0 Å². The number of fused-ring (bicyclic) bond motifs is 13. The second-order valence-electron chi connectivity index (χ2n) is 15.2. The summed E-state index contributed by atoms with van der Waals surface area (Å²) in [7, 11) is 1.72. The largest absolute Gasteiger partial charge is 0.497 e. The van der Waals surface area contributed by atoms with Gasteiger partial charge in [0.15, 0.2) is 5.60 Å². The average molecular weight is 647 g/mol. The summed E-state index contributed by atoms with van der Waals surface area (Å²) in [5.74, 6) is 1.76. The molecule has 3 aliphatic rings. The highest BCUT2D eigenvalue weighted by Crippen LogP contribution is 2.59. The number of rotatable bonds is 3. The lowest BCUT2D eigenvalue weighted by atomic mass is 9.75. The molecule has 0 spiro atoms. The van der Waals surface area contributed by atoms with Gasteiger partial charge in [-0.25, -0.2) is 0 Å². The third-order valence-electron chi connectivity index (χ3n) is 11.9. The first-order valence-corrected chi connectivity index (χ1v) is 17.6. The Bertz CT molecular complexity index is 2600. The first-order chi connectivity index (χ1) is 24.2. The molecule has 0 saturated carbocycles. The maximum absolute atomic E-state index is 7.64. The van der Waals surface area contributed by atoms with Crippen LogP contribution in [-0.2, 0) is 16.4 Å². The average Bonchev–Trinajstić information content (AvgIpc) is 3.54. The van der Waals surface area contributed by atoms with Gasteiger partial charge in [0, 0.05) is 32.9 Å². The molecule has 1 heterocycles. The Labute approximate surface area is 293 Å². The first kappa shape index (κ1) is 29.3. The van der Waals surface area contributed by atoms with Crippen molar-refractivity contribution in [2.24, 2.45) is 0 Å². The molecule has 0 aromatic heterocycles. The SMILES string of the molecule is COc1ccc(C2(c3ccc4c(c3)C(C)(C)c3c-4ccc4ccccc34)C=Cc3c4c(c5ccccc5c3O2)-c2ccccc2C4(C)C)cc1. The molecule has 0 bridgehead atoms. The second kappa shape index (κ2) is 9.98. The Hall–Kier alpha value is -5.60. The Morgan fingerprint density at radius 2 is 1.20 bits per heavy atom. The standard InChI is InChI=1S/C48H38O2/c1-46(2)40-17-11-10-16-38(40)42-35-14-8-9-15-37(35)45-39(44(42)46)26-27-48(50-45,30-19-22-32(49-5)23-20-30)31-21-25-34-36-24-18-29-12-6-7-13-33(29)43(36)47(3,4)41(34)28-31/h6-28H,1-5H3. The zero-order valence-electron chi connectivity index (χ0n) is 29.1. The van der Waals surface area contributed by atoms with Crippen LogP contribution in [0.25, 0.3) is 49.9 Å². The van der Waals surface area contributed by atoms with Gasteiger partial charge in [0.05, 0.1) is 7.11 Å². The molecule has 1 unspecified atom stereocenters. The van der Waals surface area contributed by atoms with Crippen LogP contribution in [0.5, 0.6) is 11.5 Å². The fraction of sp³-hybridized carbons (Fsp3) is 0.167. The van der Waals surface area contributed by atoms with E-state index in [2.05, 4.69) is 155 Å². The topological polar surface area (TPSA) is 18.5 Å². The summed E-state index contributed by atoms with van der Waals surface area (Å²) in [5.41, 5.74) is 12.8. The van der Waals surface area contributed by atoms with E-state index in [0.29, 0.717) is 0 Å². The molecule has 242 valence electrons. The van der Waals surface area contributed by atoms with Crippen molar-refractivity contribution in [2.75, 3.05) is 7.11 Å². The van der Waals surface area contributed by atoms with E-state index in [4.69, 9.17) is 9.47 Å². The highest BCUT2D eigenvalue weighted by Gasteiger charge is 2.45. The molecule has 0 fully saturated rings. The Morgan fingerprint density at radius 1 is 0.540 bits per heavy atom. The molecule has 2 nitrogen and oxygen atoms in total. The van der Waals surface area contributed by atoms with Crippen molar-refractivity contribution in [1.29, 1.82) is 0 Å². The van der Waals surface area contributed by atoms with E-state index >= 15 is 0 Å². The normalized spacial score (nSPS) is 18.6. The highest BCUT2D eigenvalue weighted by molar-refractivity contribution is 6.08. The number of hydrogen-bond donors (Lipinski definition) is 0. The predicted molar refractivity (Wildman–Crippen MR) is 206 cm³/mol. The fourth-order valence-corrected chi connectivity index (χ4v) is 9.55. The summed E-state index contributed by atoms with van der Waals surface area (Å²) in [6.45, 7) is 9.46. The smallest absolute Gasteiger partial charge is 0.178 e. The lowest BCUT2D eigenvalue weighted by molar-refractivity contribution is 0.163. The van der Waals surface area contributed by atoms with E-state index in [1.165, 1.54) is 66.2 Å². The molecule has 2 heteroatoms. The maximum Gasteiger partial charge on any atom is 0.178 e. The van der Waals surface area contributed by atoms with Crippen LogP contribution < -0.4 is 9.47 Å². The van der Waals surface area contributed by atoms with Crippen molar-refractivity contribution in [3.05, 3.63) is 172 Å². The van der Waals surface area contributed by atoms with Crippen molar-refractivity contribution >= 4 is 27.6 Å². The quantitative estimate of drug-likeness (QED) is 0.190. The maximum atomic E-state index is 7.64. The Kier molecular flexibility index (Phi) is 5.86. The van der Waals surface area contributed by atoms with Crippen LogP contribution in [-0.4, -0.2) is 7.11 Å². The van der Waals surface area contributed by atoms with E-state index in [0.717, 1.165) is 28.0 Å². The van der Waals surface area contributed by atoms with Gasteiger partial charge in [0.2, 0.25) is 0 Å². The molecule has 7 aromatic rings. The zero-order chi connectivity index (χ0) is 34.0. The molecule has 1 aliphatic heterocycles. The number of benzene rings is 7. The van der Waals surface area contributed by atoms with Crippen LogP contribution in [0, 0.1) is 0 Å². The van der Waals surface area contributed by atoms with E-state index in [-0.39, 0.29) is 10.8 Å². The van der Waals surface area contributed by atoms with E-state index < -0.39 is 5.60 Å². The predicted octanol–water partition coefficient (Wildman–Crippen LogP) is 12.0. The minimum atomic E-state index is -0.867. The number of hydrogen-bond acceptors (Lipinski definition) is 2. The van der Waals surface area contributed by atoms with Crippen molar-refractivity contribution in [3.63, 3.8) is 0 Å². The summed E-state index contributed by atoms with van der Waals surface area (Å²) in [6, 6.07) is 46.5. The van der Waals surface area contributed by atoms with Crippen molar-refractivity contribution in [2.45, 2.75) is 44.1 Å². The van der Waals surface area contributed by atoms with Crippen LogP contribution in [0.4, 0.5) is 0 Å². The second-order valence-corrected chi connectivity index (χ2v) is 15.2. The third-order valence-corrected chi connectivity index (χ3v) is 11.9. The van der Waals surface area contributed by atoms with Gasteiger partial charge in [-0.3, -0.25) is 0 Å². The minimum Gasteiger partial charge on any atom is -0.497 e. The van der Waals surface area contributed by atoms with Gasteiger partial charge in [-0.05, 0) is 84.9 Å². The monoisotopic (exact) mass is 646 g/mol. The lowest BCUT2D eigenvalue weighted by Gasteiger charge is -2.39. The molecular weight excluding hydrogens is 609 g/mol. The summed E-state index contributed by atoms with van der Waals surface area (Å²) in [6.07, 6.45) is 4.65. The van der Waals surface area contributed by atoms with E-state index in [1.54, 1.807) is 7.11 Å². The Morgan fingerprint density at radius 3 is 2.00 bits per heavy atom. The molecule has 50 heavy (non-hydrogen) atoms. The fourth-order valence-electron chi connectivity index (χ4n) is 9.55. The Balaban J connectivity index is 1.23. The van der Waals surface area contributed by atoms with Gasteiger partial charge in [0.25, 0.3) is 0 Å². The molecule has 10 rings (SSSR count). The summed E-state index contributed by atoms with van der Waals surface area (Å²) >= 11 is 0. The van der Waals surface area contributed by atoms with E-state index in [9.17, 15) is 0 Å². The van der Waals surface area contributed by atoms with Gasteiger partial charge < -0.3 is 9.47 Å². The summed E-state index contributed by atoms with van der Waals surface area (Å²) in [5, 5.41) is 4.97. The van der Waals surface area contributed by atoms with E-state index in [1.807, 2.05) is 12.1 Å². The third kappa shape index (κ3) is 3.69. The lowest BCUT2D eigenvalue weighted by Crippen LogP contribution is -2.35. The van der Waals surface area contributed by atoms with Crippen molar-refractivity contribution < 1.29 is 9.47 Å².